The van der Waals surface area contributed by atoms with Gasteiger partial charge in [0.25, 0.3) is 5.56 Å². The summed E-state index contributed by atoms with van der Waals surface area (Å²) in [7, 11) is 0. The zero-order valence-corrected chi connectivity index (χ0v) is 12.0. The van der Waals surface area contributed by atoms with Crippen LogP contribution in [0, 0.1) is 0 Å². The molecule has 0 spiro atoms. The van der Waals surface area contributed by atoms with E-state index in [-0.39, 0.29) is 12.1 Å². The minimum Gasteiger partial charge on any atom is -0.386 e. The van der Waals surface area contributed by atoms with Crippen molar-refractivity contribution in [2.75, 3.05) is 0 Å². The molecule has 0 bridgehead atoms. The number of aliphatic hydroxyl groups excluding tert-OH is 1. The van der Waals surface area contributed by atoms with Crippen LogP contribution in [0.4, 0.5) is 0 Å². The SMILES string of the molecule is O=c1ccc(-c2ccccc2)nn1CC(O)c1ccccc1. The first-order valence-corrected chi connectivity index (χ1v) is 7.10. The lowest BCUT2D eigenvalue weighted by molar-refractivity contribution is 0.149. The summed E-state index contributed by atoms with van der Waals surface area (Å²) in [5, 5.41) is 14.6. The van der Waals surface area contributed by atoms with Crippen molar-refractivity contribution in [1.29, 1.82) is 0 Å². The second-order valence-electron chi connectivity index (χ2n) is 5.03. The largest absolute Gasteiger partial charge is 0.386 e. The lowest BCUT2D eigenvalue weighted by Crippen LogP contribution is -2.25. The van der Waals surface area contributed by atoms with Crippen LogP contribution in [0.2, 0.25) is 0 Å². The van der Waals surface area contributed by atoms with Crippen molar-refractivity contribution in [1.82, 2.24) is 9.78 Å². The Hall–Kier alpha value is -2.72. The Labute approximate surface area is 128 Å². The van der Waals surface area contributed by atoms with E-state index in [1.165, 1.54) is 10.7 Å². The second-order valence-corrected chi connectivity index (χ2v) is 5.03. The summed E-state index contributed by atoms with van der Waals surface area (Å²) in [6, 6.07) is 22.1. The molecule has 3 aromatic rings. The lowest BCUT2D eigenvalue weighted by Gasteiger charge is -2.13. The molecule has 1 unspecified atom stereocenters. The average Bonchev–Trinajstić information content (AvgIpc) is 2.58. The van der Waals surface area contributed by atoms with Crippen LogP contribution in [-0.4, -0.2) is 14.9 Å². The Morgan fingerprint density at radius 1 is 0.909 bits per heavy atom. The van der Waals surface area contributed by atoms with Gasteiger partial charge in [0.15, 0.2) is 0 Å². The van der Waals surface area contributed by atoms with Crippen LogP contribution < -0.4 is 5.56 Å². The molecule has 0 aliphatic rings. The molecule has 1 heterocycles. The highest BCUT2D eigenvalue weighted by atomic mass is 16.3. The van der Waals surface area contributed by atoms with Gasteiger partial charge < -0.3 is 5.11 Å². The zero-order valence-electron chi connectivity index (χ0n) is 12.0. The van der Waals surface area contributed by atoms with Crippen LogP contribution in [0.3, 0.4) is 0 Å². The molecular formula is C18H16N2O2. The number of aromatic nitrogens is 2. The molecule has 0 aliphatic heterocycles. The van der Waals surface area contributed by atoms with E-state index < -0.39 is 6.10 Å². The molecule has 0 amide bonds. The maximum Gasteiger partial charge on any atom is 0.266 e. The van der Waals surface area contributed by atoms with Crippen molar-refractivity contribution in [3.05, 3.63) is 88.7 Å². The standard InChI is InChI=1S/C18H16N2O2/c21-17(15-9-5-2-6-10-15)13-20-18(22)12-11-16(19-20)14-7-3-1-4-8-14/h1-12,17,21H,13H2. The zero-order chi connectivity index (χ0) is 15.4. The maximum atomic E-state index is 12.0. The first kappa shape index (κ1) is 14.2. The number of hydrogen-bond donors (Lipinski definition) is 1. The van der Waals surface area contributed by atoms with E-state index in [0.29, 0.717) is 5.69 Å². The molecule has 0 aliphatic carbocycles. The fourth-order valence-electron chi connectivity index (χ4n) is 2.29. The van der Waals surface area contributed by atoms with E-state index in [2.05, 4.69) is 5.10 Å². The summed E-state index contributed by atoms with van der Waals surface area (Å²) in [5.41, 5.74) is 2.18. The number of benzene rings is 2. The molecule has 0 fully saturated rings. The van der Waals surface area contributed by atoms with Gasteiger partial charge in [-0.05, 0) is 11.6 Å². The molecule has 1 atom stereocenters. The fraction of sp³-hybridized carbons (Fsp3) is 0.111. The Bertz CT molecular complexity index is 798. The molecule has 1 N–H and O–H groups in total. The molecule has 4 heteroatoms. The van der Waals surface area contributed by atoms with Gasteiger partial charge >= 0.3 is 0 Å². The molecule has 1 aromatic heterocycles. The molecule has 22 heavy (non-hydrogen) atoms. The Balaban J connectivity index is 1.89. The number of rotatable bonds is 4. The lowest BCUT2D eigenvalue weighted by atomic mass is 10.1. The summed E-state index contributed by atoms with van der Waals surface area (Å²) in [5.74, 6) is 0. The van der Waals surface area contributed by atoms with E-state index in [9.17, 15) is 9.90 Å². The Morgan fingerprint density at radius 2 is 1.55 bits per heavy atom. The third kappa shape index (κ3) is 3.13. The molecule has 0 radical (unpaired) electrons. The van der Waals surface area contributed by atoms with Crippen molar-refractivity contribution >= 4 is 0 Å². The highest BCUT2D eigenvalue weighted by Gasteiger charge is 2.10. The maximum absolute atomic E-state index is 12.0. The molecule has 110 valence electrons. The first-order chi connectivity index (χ1) is 10.7. The molecule has 4 nitrogen and oxygen atoms in total. The van der Waals surface area contributed by atoms with Crippen LogP contribution in [0.5, 0.6) is 0 Å². The predicted octanol–water partition coefficient (Wildman–Crippen LogP) is 2.64. The van der Waals surface area contributed by atoms with Crippen molar-refractivity contribution in [3.63, 3.8) is 0 Å². The third-order valence-electron chi connectivity index (χ3n) is 3.47. The average molecular weight is 292 g/mol. The summed E-state index contributed by atoms with van der Waals surface area (Å²) < 4.78 is 1.31. The minimum absolute atomic E-state index is 0.128. The predicted molar refractivity (Wildman–Crippen MR) is 85.3 cm³/mol. The highest BCUT2D eigenvalue weighted by Crippen LogP contribution is 2.16. The highest BCUT2D eigenvalue weighted by molar-refractivity contribution is 5.57. The molecule has 2 aromatic carbocycles. The van der Waals surface area contributed by atoms with Crippen molar-refractivity contribution in [2.24, 2.45) is 0 Å². The normalized spacial score (nSPS) is 12.0. The van der Waals surface area contributed by atoms with Gasteiger partial charge in [0, 0.05) is 11.6 Å². The second kappa shape index (κ2) is 6.37. The van der Waals surface area contributed by atoms with Gasteiger partial charge in [-0.3, -0.25) is 4.79 Å². The summed E-state index contributed by atoms with van der Waals surface area (Å²) >= 11 is 0. The van der Waals surface area contributed by atoms with Crippen molar-refractivity contribution in [3.8, 4) is 11.3 Å². The van der Waals surface area contributed by atoms with E-state index in [1.54, 1.807) is 6.07 Å². The number of hydrogen-bond acceptors (Lipinski definition) is 3. The van der Waals surface area contributed by atoms with Gasteiger partial charge in [-0.25, -0.2) is 4.68 Å². The minimum atomic E-state index is -0.766. The first-order valence-electron chi connectivity index (χ1n) is 7.10. The molecule has 0 saturated heterocycles. The van der Waals surface area contributed by atoms with Gasteiger partial charge in [0.05, 0.1) is 18.3 Å². The van der Waals surface area contributed by atoms with Gasteiger partial charge in [0.1, 0.15) is 0 Å². The molecular weight excluding hydrogens is 276 g/mol. The van der Waals surface area contributed by atoms with Crippen molar-refractivity contribution < 1.29 is 5.11 Å². The molecule has 3 rings (SSSR count). The van der Waals surface area contributed by atoms with E-state index in [0.717, 1.165) is 11.1 Å². The quantitative estimate of drug-likeness (QED) is 0.804. The number of aliphatic hydroxyl groups is 1. The van der Waals surface area contributed by atoms with Crippen LogP contribution in [-0.2, 0) is 6.54 Å². The topological polar surface area (TPSA) is 55.1 Å². The monoisotopic (exact) mass is 292 g/mol. The fourth-order valence-corrected chi connectivity index (χ4v) is 2.29. The number of nitrogens with zero attached hydrogens (tertiary/aromatic N) is 2. The van der Waals surface area contributed by atoms with E-state index in [4.69, 9.17) is 0 Å². The van der Waals surface area contributed by atoms with E-state index in [1.807, 2.05) is 60.7 Å². The summed E-state index contributed by atoms with van der Waals surface area (Å²) in [4.78, 5) is 12.0. The van der Waals surface area contributed by atoms with Crippen molar-refractivity contribution in [2.45, 2.75) is 12.6 Å². The van der Waals surface area contributed by atoms with Crippen LogP contribution in [0.25, 0.3) is 11.3 Å². The third-order valence-corrected chi connectivity index (χ3v) is 3.47. The van der Waals surface area contributed by atoms with Gasteiger partial charge in [-0.2, -0.15) is 5.10 Å². The summed E-state index contributed by atoms with van der Waals surface area (Å²) in [6.07, 6.45) is -0.766. The molecule has 0 saturated carbocycles. The van der Waals surface area contributed by atoms with Crippen LogP contribution >= 0.6 is 0 Å². The summed E-state index contributed by atoms with van der Waals surface area (Å²) in [6.45, 7) is 0.128. The van der Waals surface area contributed by atoms with Gasteiger partial charge in [-0.15, -0.1) is 0 Å². The van der Waals surface area contributed by atoms with Gasteiger partial charge in [-0.1, -0.05) is 60.7 Å². The van der Waals surface area contributed by atoms with Gasteiger partial charge in [0.2, 0.25) is 0 Å². The van der Waals surface area contributed by atoms with Crippen LogP contribution in [0.15, 0.2) is 77.6 Å². The smallest absolute Gasteiger partial charge is 0.266 e. The Morgan fingerprint density at radius 3 is 2.23 bits per heavy atom. The van der Waals surface area contributed by atoms with Crippen LogP contribution in [0.1, 0.15) is 11.7 Å². The van der Waals surface area contributed by atoms with E-state index >= 15 is 0 Å². The Kier molecular flexibility index (Phi) is 4.12.